The van der Waals surface area contributed by atoms with E-state index in [0.717, 1.165) is 18.5 Å². The summed E-state index contributed by atoms with van der Waals surface area (Å²) in [5, 5.41) is 4.54. The molecule has 2 nitrogen and oxygen atoms in total. The molecule has 0 aromatic heterocycles. The van der Waals surface area contributed by atoms with E-state index in [4.69, 9.17) is 0 Å². The third-order valence-corrected chi connectivity index (χ3v) is 2.75. The summed E-state index contributed by atoms with van der Waals surface area (Å²) < 4.78 is 0. The number of hydrazone groups is 1. The molecule has 1 N–H and O–H groups in total. The van der Waals surface area contributed by atoms with E-state index in [1.54, 1.807) is 0 Å². The summed E-state index contributed by atoms with van der Waals surface area (Å²) >= 11 is 0. The minimum absolute atomic E-state index is 1.07. The molecular weight excluding hydrogens is 208 g/mol. The fourth-order valence-corrected chi connectivity index (χ4v) is 1.65. The Morgan fingerprint density at radius 1 is 1.00 bits per heavy atom. The molecule has 0 fully saturated rings. The standard InChI is InChI=1S/C15H24N2/c1-3-5-10-14(11-6-4-2)16-17-15-12-8-7-9-13-15/h7-9,12-13,17H,3-6,10-11H2,1-2H3. The SMILES string of the molecule is CCCCC(CCCC)=NNc1ccccc1. The Hall–Kier alpha value is -1.31. The normalized spacial score (nSPS) is 10.0. The van der Waals surface area contributed by atoms with Gasteiger partial charge in [-0.3, -0.25) is 5.43 Å². The lowest BCUT2D eigenvalue weighted by Crippen LogP contribution is -2.02. The smallest absolute Gasteiger partial charge is 0.0561 e. The number of para-hydroxylation sites is 1. The van der Waals surface area contributed by atoms with Crippen LogP contribution in [0.2, 0.25) is 0 Å². The summed E-state index contributed by atoms with van der Waals surface area (Å²) in [5.74, 6) is 0. The number of anilines is 1. The Morgan fingerprint density at radius 3 is 2.12 bits per heavy atom. The molecule has 0 atom stereocenters. The fraction of sp³-hybridized carbons (Fsp3) is 0.533. The van der Waals surface area contributed by atoms with E-state index in [-0.39, 0.29) is 0 Å². The predicted octanol–water partition coefficient (Wildman–Crippen LogP) is 4.83. The van der Waals surface area contributed by atoms with E-state index in [9.17, 15) is 0 Å². The highest BCUT2D eigenvalue weighted by molar-refractivity contribution is 5.85. The lowest BCUT2D eigenvalue weighted by molar-refractivity contribution is 0.784. The maximum atomic E-state index is 4.54. The molecule has 0 saturated heterocycles. The Kier molecular flexibility index (Phi) is 7.12. The minimum atomic E-state index is 1.07. The van der Waals surface area contributed by atoms with Crippen LogP contribution in [0.3, 0.4) is 0 Å². The van der Waals surface area contributed by atoms with Crippen LogP contribution in [-0.2, 0) is 0 Å². The Bertz CT molecular complexity index is 307. The van der Waals surface area contributed by atoms with Crippen molar-refractivity contribution in [1.29, 1.82) is 0 Å². The molecule has 2 heteroatoms. The second-order valence-corrected chi connectivity index (χ2v) is 4.36. The molecule has 0 unspecified atom stereocenters. The fourth-order valence-electron chi connectivity index (χ4n) is 1.65. The van der Waals surface area contributed by atoms with Crippen LogP contribution >= 0.6 is 0 Å². The Balaban J connectivity index is 2.49. The molecule has 0 amide bonds. The Morgan fingerprint density at radius 2 is 1.59 bits per heavy atom. The second-order valence-electron chi connectivity index (χ2n) is 4.36. The first kappa shape index (κ1) is 13.8. The maximum Gasteiger partial charge on any atom is 0.0561 e. The van der Waals surface area contributed by atoms with Gasteiger partial charge in [0.2, 0.25) is 0 Å². The summed E-state index contributed by atoms with van der Waals surface area (Å²) in [6, 6.07) is 10.1. The average molecular weight is 232 g/mol. The number of unbranched alkanes of at least 4 members (excludes halogenated alkanes) is 2. The number of benzene rings is 1. The van der Waals surface area contributed by atoms with Gasteiger partial charge < -0.3 is 0 Å². The summed E-state index contributed by atoms with van der Waals surface area (Å²) in [7, 11) is 0. The molecule has 1 rings (SSSR count). The highest BCUT2D eigenvalue weighted by Crippen LogP contribution is 2.09. The molecule has 0 spiro atoms. The summed E-state index contributed by atoms with van der Waals surface area (Å²) in [6.07, 6.45) is 7.18. The number of nitrogens with zero attached hydrogens (tertiary/aromatic N) is 1. The first-order chi connectivity index (χ1) is 8.36. The van der Waals surface area contributed by atoms with Crippen molar-refractivity contribution in [2.24, 2.45) is 5.10 Å². The van der Waals surface area contributed by atoms with Crippen molar-refractivity contribution in [1.82, 2.24) is 0 Å². The van der Waals surface area contributed by atoms with Gasteiger partial charge in [0.05, 0.1) is 5.69 Å². The molecule has 0 saturated carbocycles. The van der Waals surface area contributed by atoms with Gasteiger partial charge in [-0.1, -0.05) is 44.9 Å². The highest BCUT2D eigenvalue weighted by atomic mass is 15.3. The molecule has 0 aliphatic heterocycles. The zero-order valence-electron chi connectivity index (χ0n) is 11.1. The highest BCUT2D eigenvalue weighted by Gasteiger charge is 1.99. The lowest BCUT2D eigenvalue weighted by atomic mass is 10.1. The van der Waals surface area contributed by atoms with Crippen molar-refractivity contribution >= 4 is 11.4 Å². The zero-order chi connectivity index (χ0) is 12.3. The molecule has 1 aromatic carbocycles. The molecule has 0 aliphatic rings. The molecular formula is C15H24N2. The second kappa shape index (κ2) is 8.80. The molecule has 0 heterocycles. The van der Waals surface area contributed by atoms with Gasteiger partial charge in [-0.2, -0.15) is 5.10 Å². The minimum Gasteiger partial charge on any atom is -0.279 e. The van der Waals surface area contributed by atoms with Gasteiger partial charge in [0.25, 0.3) is 0 Å². The van der Waals surface area contributed by atoms with Crippen molar-refractivity contribution in [2.75, 3.05) is 5.43 Å². The number of rotatable bonds is 8. The van der Waals surface area contributed by atoms with E-state index in [1.165, 1.54) is 31.4 Å². The van der Waals surface area contributed by atoms with E-state index in [1.807, 2.05) is 30.3 Å². The molecule has 0 aliphatic carbocycles. The van der Waals surface area contributed by atoms with Crippen LogP contribution in [0.25, 0.3) is 0 Å². The quantitative estimate of drug-likeness (QED) is 0.503. The molecule has 0 bridgehead atoms. The van der Waals surface area contributed by atoms with E-state index < -0.39 is 0 Å². The van der Waals surface area contributed by atoms with Gasteiger partial charge in [-0.25, -0.2) is 0 Å². The largest absolute Gasteiger partial charge is 0.279 e. The van der Waals surface area contributed by atoms with E-state index in [0.29, 0.717) is 0 Å². The number of nitrogens with one attached hydrogen (secondary N) is 1. The van der Waals surface area contributed by atoms with Crippen LogP contribution in [-0.4, -0.2) is 5.71 Å². The average Bonchev–Trinajstić information content (AvgIpc) is 2.39. The molecule has 17 heavy (non-hydrogen) atoms. The maximum absolute atomic E-state index is 4.54. The van der Waals surface area contributed by atoms with Gasteiger partial charge in [-0.15, -0.1) is 0 Å². The van der Waals surface area contributed by atoms with Crippen LogP contribution in [0.15, 0.2) is 35.4 Å². The van der Waals surface area contributed by atoms with Crippen LogP contribution < -0.4 is 5.43 Å². The van der Waals surface area contributed by atoms with Crippen molar-refractivity contribution in [3.05, 3.63) is 30.3 Å². The lowest BCUT2D eigenvalue weighted by Gasteiger charge is -2.06. The van der Waals surface area contributed by atoms with Crippen LogP contribution in [0.4, 0.5) is 5.69 Å². The van der Waals surface area contributed by atoms with E-state index in [2.05, 4.69) is 24.4 Å². The van der Waals surface area contributed by atoms with Crippen LogP contribution in [0.1, 0.15) is 52.4 Å². The van der Waals surface area contributed by atoms with Gasteiger partial charge >= 0.3 is 0 Å². The van der Waals surface area contributed by atoms with E-state index >= 15 is 0 Å². The third kappa shape index (κ3) is 6.10. The predicted molar refractivity (Wildman–Crippen MR) is 76.5 cm³/mol. The van der Waals surface area contributed by atoms with Crippen molar-refractivity contribution in [2.45, 2.75) is 52.4 Å². The topological polar surface area (TPSA) is 24.4 Å². The first-order valence-electron chi connectivity index (χ1n) is 6.73. The van der Waals surface area contributed by atoms with Crippen molar-refractivity contribution < 1.29 is 0 Å². The molecule has 94 valence electrons. The Labute approximate surface area is 105 Å². The van der Waals surface area contributed by atoms with Crippen LogP contribution in [0.5, 0.6) is 0 Å². The number of hydrogen-bond acceptors (Lipinski definition) is 2. The third-order valence-electron chi connectivity index (χ3n) is 2.75. The summed E-state index contributed by atoms with van der Waals surface area (Å²) in [6.45, 7) is 4.45. The monoisotopic (exact) mass is 232 g/mol. The molecule has 1 aromatic rings. The molecule has 0 radical (unpaired) electrons. The number of hydrogen-bond donors (Lipinski definition) is 1. The van der Waals surface area contributed by atoms with Gasteiger partial charge in [0.1, 0.15) is 0 Å². The van der Waals surface area contributed by atoms with Gasteiger partial charge in [-0.05, 0) is 37.8 Å². The zero-order valence-corrected chi connectivity index (χ0v) is 11.1. The van der Waals surface area contributed by atoms with Gasteiger partial charge in [0.15, 0.2) is 0 Å². The summed E-state index contributed by atoms with van der Waals surface area (Å²) in [4.78, 5) is 0. The van der Waals surface area contributed by atoms with Crippen molar-refractivity contribution in [3.63, 3.8) is 0 Å². The first-order valence-corrected chi connectivity index (χ1v) is 6.73. The van der Waals surface area contributed by atoms with Gasteiger partial charge in [0, 0.05) is 5.71 Å². The summed E-state index contributed by atoms with van der Waals surface area (Å²) in [5.41, 5.74) is 5.52. The van der Waals surface area contributed by atoms with Crippen molar-refractivity contribution in [3.8, 4) is 0 Å². The van der Waals surface area contributed by atoms with Crippen LogP contribution in [0, 0.1) is 0 Å².